The van der Waals surface area contributed by atoms with Crippen LogP contribution in [0.15, 0.2) is 30.3 Å². The minimum absolute atomic E-state index is 0.105. The normalized spacial score (nSPS) is 9.67. The van der Waals surface area contributed by atoms with Crippen molar-refractivity contribution in [3.05, 3.63) is 35.9 Å². The lowest BCUT2D eigenvalue weighted by Gasteiger charge is -2.17. The number of carbonyl (C=O) groups excluding carboxylic acids is 2. The number of hydrogen-bond acceptors (Lipinski definition) is 3. The first-order valence-electron chi connectivity index (χ1n) is 5.82. The van der Waals surface area contributed by atoms with E-state index in [2.05, 4.69) is 5.32 Å². The Morgan fingerprint density at radius 3 is 2.56 bits per heavy atom. The van der Waals surface area contributed by atoms with Crippen LogP contribution in [0, 0.1) is 0 Å². The summed E-state index contributed by atoms with van der Waals surface area (Å²) in [6, 6.07) is 9.33. The van der Waals surface area contributed by atoms with Crippen molar-refractivity contribution in [2.24, 2.45) is 0 Å². The molecule has 1 N–H and O–H groups in total. The molecule has 0 saturated carbocycles. The molecule has 1 aromatic carbocycles. The summed E-state index contributed by atoms with van der Waals surface area (Å²) in [4.78, 5) is 24.2. The number of urea groups is 1. The van der Waals surface area contributed by atoms with Crippen LogP contribution in [0.1, 0.15) is 12.5 Å². The number of carbonyl (C=O) groups is 2. The fourth-order valence-corrected chi connectivity index (χ4v) is 1.42. The average Bonchev–Trinajstić information content (AvgIpc) is 2.37. The third-order valence-corrected chi connectivity index (χ3v) is 2.30. The van der Waals surface area contributed by atoms with E-state index in [0.29, 0.717) is 13.2 Å². The van der Waals surface area contributed by atoms with E-state index in [1.54, 1.807) is 14.0 Å². The van der Waals surface area contributed by atoms with Gasteiger partial charge in [-0.3, -0.25) is 4.79 Å². The molecule has 0 unspecified atom stereocenters. The van der Waals surface area contributed by atoms with E-state index in [-0.39, 0.29) is 12.6 Å². The lowest BCUT2D eigenvalue weighted by atomic mass is 10.2. The second-order valence-electron chi connectivity index (χ2n) is 3.81. The molecule has 0 aliphatic heterocycles. The number of amides is 2. The minimum Gasteiger partial charge on any atom is -0.465 e. The number of nitrogens with one attached hydrogen (secondary N) is 1. The number of hydrogen-bond donors (Lipinski definition) is 1. The third kappa shape index (κ3) is 4.86. The topological polar surface area (TPSA) is 58.6 Å². The van der Waals surface area contributed by atoms with Crippen LogP contribution in [-0.2, 0) is 16.1 Å². The molecule has 2 amide bonds. The highest BCUT2D eigenvalue weighted by Gasteiger charge is 2.10. The maximum absolute atomic E-state index is 11.7. The largest absolute Gasteiger partial charge is 0.465 e. The Labute approximate surface area is 107 Å². The Balaban J connectivity index is 2.35. The Morgan fingerprint density at radius 2 is 1.94 bits per heavy atom. The van der Waals surface area contributed by atoms with Crippen molar-refractivity contribution in [3.63, 3.8) is 0 Å². The van der Waals surface area contributed by atoms with Crippen molar-refractivity contribution in [2.45, 2.75) is 13.5 Å². The Bertz CT molecular complexity index is 392. The SMILES string of the molecule is CCOC(=O)CNC(=O)N(C)Cc1ccccc1. The van der Waals surface area contributed by atoms with Crippen LogP contribution >= 0.6 is 0 Å². The van der Waals surface area contributed by atoms with Crippen LogP contribution in [0.25, 0.3) is 0 Å². The molecule has 18 heavy (non-hydrogen) atoms. The second-order valence-corrected chi connectivity index (χ2v) is 3.81. The molecule has 5 nitrogen and oxygen atoms in total. The summed E-state index contributed by atoms with van der Waals surface area (Å²) in [5.41, 5.74) is 1.03. The summed E-state index contributed by atoms with van der Waals surface area (Å²) in [5, 5.41) is 2.50. The fourth-order valence-electron chi connectivity index (χ4n) is 1.42. The van der Waals surface area contributed by atoms with E-state index in [1.165, 1.54) is 4.90 Å². The van der Waals surface area contributed by atoms with Crippen LogP contribution in [0.5, 0.6) is 0 Å². The summed E-state index contributed by atoms with van der Waals surface area (Å²) in [6.07, 6.45) is 0. The highest BCUT2D eigenvalue weighted by molar-refractivity contribution is 5.80. The molecule has 0 aromatic heterocycles. The molecule has 0 heterocycles. The van der Waals surface area contributed by atoms with Gasteiger partial charge in [-0.25, -0.2) is 4.79 Å². The molecule has 0 fully saturated rings. The molecule has 0 aliphatic rings. The quantitative estimate of drug-likeness (QED) is 0.803. The van der Waals surface area contributed by atoms with Gasteiger partial charge in [0.15, 0.2) is 0 Å². The van der Waals surface area contributed by atoms with Gasteiger partial charge in [0.1, 0.15) is 6.54 Å². The third-order valence-electron chi connectivity index (χ3n) is 2.30. The van der Waals surface area contributed by atoms with Crippen molar-refractivity contribution < 1.29 is 14.3 Å². The number of benzene rings is 1. The van der Waals surface area contributed by atoms with E-state index in [9.17, 15) is 9.59 Å². The molecule has 0 saturated heterocycles. The summed E-state index contributed by atoms with van der Waals surface area (Å²) in [6.45, 7) is 2.43. The Morgan fingerprint density at radius 1 is 1.28 bits per heavy atom. The van der Waals surface area contributed by atoms with E-state index in [1.807, 2.05) is 30.3 Å². The lowest BCUT2D eigenvalue weighted by Crippen LogP contribution is -2.39. The maximum Gasteiger partial charge on any atom is 0.325 e. The molecule has 1 aromatic rings. The molecule has 0 bridgehead atoms. The van der Waals surface area contributed by atoms with Gasteiger partial charge in [-0.05, 0) is 12.5 Å². The first kappa shape index (κ1) is 14.0. The van der Waals surface area contributed by atoms with Crippen LogP contribution in [-0.4, -0.2) is 37.1 Å². The molecular formula is C13H18N2O3. The molecular weight excluding hydrogens is 232 g/mol. The van der Waals surface area contributed by atoms with Gasteiger partial charge in [0.2, 0.25) is 0 Å². The fraction of sp³-hybridized carbons (Fsp3) is 0.385. The van der Waals surface area contributed by atoms with Crippen molar-refractivity contribution in [2.75, 3.05) is 20.2 Å². The van der Waals surface area contributed by atoms with Gasteiger partial charge in [0.25, 0.3) is 0 Å². The van der Waals surface area contributed by atoms with Crippen LogP contribution in [0.2, 0.25) is 0 Å². The second kappa shape index (κ2) is 7.32. The maximum atomic E-state index is 11.7. The number of ether oxygens (including phenoxy) is 1. The van der Waals surface area contributed by atoms with E-state index in [4.69, 9.17) is 4.74 Å². The van der Waals surface area contributed by atoms with Crippen molar-refractivity contribution >= 4 is 12.0 Å². The first-order chi connectivity index (χ1) is 8.63. The summed E-state index contributed by atoms with van der Waals surface area (Å²) >= 11 is 0. The van der Waals surface area contributed by atoms with Crippen LogP contribution in [0.3, 0.4) is 0 Å². The predicted octanol–water partition coefficient (Wildman–Crippen LogP) is 1.39. The zero-order valence-electron chi connectivity index (χ0n) is 10.7. The predicted molar refractivity (Wildman–Crippen MR) is 67.9 cm³/mol. The lowest BCUT2D eigenvalue weighted by molar-refractivity contribution is -0.141. The van der Waals surface area contributed by atoms with Crippen molar-refractivity contribution in [1.29, 1.82) is 0 Å². The molecule has 98 valence electrons. The zero-order valence-corrected chi connectivity index (χ0v) is 10.7. The van der Waals surface area contributed by atoms with Crippen molar-refractivity contribution in [3.8, 4) is 0 Å². The monoisotopic (exact) mass is 250 g/mol. The summed E-state index contributed by atoms with van der Waals surface area (Å²) < 4.78 is 4.72. The van der Waals surface area contributed by atoms with E-state index in [0.717, 1.165) is 5.56 Å². The number of esters is 1. The molecule has 0 radical (unpaired) electrons. The molecule has 0 atom stereocenters. The van der Waals surface area contributed by atoms with Gasteiger partial charge < -0.3 is 15.0 Å². The Hall–Kier alpha value is -2.04. The minimum atomic E-state index is -0.432. The van der Waals surface area contributed by atoms with Crippen LogP contribution in [0.4, 0.5) is 4.79 Å². The smallest absolute Gasteiger partial charge is 0.325 e. The Kier molecular flexibility index (Phi) is 5.70. The van der Waals surface area contributed by atoms with Gasteiger partial charge in [-0.1, -0.05) is 30.3 Å². The first-order valence-corrected chi connectivity index (χ1v) is 5.82. The summed E-state index contributed by atoms with van der Waals surface area (Å²) in [5.74, 6) is -0.432. The highest BCUT2D eigenvalue weighted by atomic mass is 16.5. The van der Waals surface area contributed by atoms with Gasteiger partial charge in [0, 0.05) is 13.6 Å². The zero-order chi connectivity index (χ0) is 13.4. The van der Waals surface area contributed by atoms with Gasteiger partial charge >= 0.3 is 12.0 Å². The van der Waals surface area contributed by atoms with E-state index >= 15 is 0 Å². The molecule has 0 aliphatic carbocycles. The average molecular weight is 250 g/mol. The van der Waals surface area contributed by atoms with Gasteiger partial charge in [-0.2, -0.15) is 0 Å². The van der Waals surface area contributed by atoms with Gasteiger partial charge in [-0.15, -0.1) is 0 Å². The van der Waals surface area contributed by atoms with Crippen molar-refractivity contribution in [1.82, 2.24) is 10.2 Å². The highest BCUT2D eigenvalue weighted by Crippen LogP contribution is 2.02. The van der Waals surface area contributed by atoms with Crippen LogP contribution < -0.4 is 5.32 Å². The van der Waals surface area contributed by atoms with Gasteiger partial charge in [0.05, 0.1) is 6.61 Å². The summed E-state index contributed by atoms with van der Waals surface area (Å²) in [7, 11) is 1.67. The van der Waals surface area contributed by atoms with E-state index < -0.39 is 5.97 Å². The standard InChI is InChI=1S/C13H18N2O3/c1-3-18-12(16)9-14-13(17)15(2)10-11-7-5-4-6-8-11/h4-8H,3,9-10H2,1-2H3,(H,14,17). The molecule has 1 rings (SSSR count). The number of rotatable bonds is 5. The molecule has 0 spiro atoms. The molecule has 5 heteroatoms. The number of nitrogens with zero attached hydrogens (tertiary/aromatic N) is 1.